The predicted octanol–water partition coefficient (Wildman–Crippen LogP) is 20.8. The van der Waals surface area contributed by atoms with E-state index in [1.54, 1.807) is 6.08 Å². The highest BCUT2D eigenvalue weighted by atomic mass is 19.4. The number of anilines is 2. The van der Waals surface area contributed by atoms with Gasteiger partial charge in [0.2, 0.25) is 0 Å². The van der Waals surface area contributed by atoms with E-state index in [4.69, 9.17) is 29.9 Å². The molecule has 16 rings (SSSR count). The Morgan fingerprint density at radius 3 is 1.21 bits per heavy atom. The van der Waals surface area contributed by atoms with E-state index >= 15 is 0 Å². The molecule has 452 valence electrons. The van der Waals surface area contributed by atoms with Gasteiger partial charge in [0.15, 0.2) is 34.9 Å². The molecule has 0 spiro atoms. The third-order valence-corrected chi connectivity index (χ3v) is 17.5. The highest BCUT2D eigenvalue weighted by molar-refractivity contribution is 6.10. The van der Waals surface area contributed by atoms with E-state index in [1.807, 2.05) is 235 Å². The van der Waals surface area contributed by atoms with Gasteiger partial charge in [-0.3, -0.25) is 0 Å². The van der Waals surface area contributed by atoms with Crippen LogP contribution in [0.2, 0.25) is 0 Å². The van der Waals surface area contributed by atoms with E-state index in [-0.39, 0.29) is 0 Å². The van der Waals surface area contributed by atoms with Gasteiger partial charge in [-0.25, -0.2) is 29.9 Å². The first-order valence-corrected chi connectivity index (χ1v) is 30.6. The zero-order valence-electron chi connectivity index (χ0n) is 49.7. The zero-order chi connectivity index (χ0) is 63.7. The standard InChI is InChI=1S/C80H50F6N8/c81-79(82,83)53-37-43-71-65(45-53)63-33-17-19-35-69(63)93(71)55-39-41-61(67(47-55)77-89-73(49-21-5-1-6-22-49)87-74(90-77)50-23-7-2-8-24-50)59-31-15-13-29-57(59)58-30-14-16-32-60(58)62-42-40-56(94-70-36-20-18-34-64(70)66-46-54(80(84,85)86)38-44-72(66)94)48-68(62)78-91-75(51-25-9-3-10-26-51)88-76(92-78)52-27-11-4-12-28-52/h1-48,65,71H. The minimum Gasteiger partial charge on any atom is -0.333 e. The maximum atomic E-state index is 14.5. The van der Waals surface area contributed by atoms with Crippen molar-refractivity contribution < 1.29 is 26.3 Å². The van der Waals surface area contributed by atoms with Gasteiger partial charge in [0.25, 0.3) is 0 Å². The first-order chi connectivity index (χ1) is 45.9. The SMILES string of the molecule is FC(F)(F)C1=CC2c3ccccc3N(c3ccc(-c4ccccc4-c4ccccc4-c4ccc(-n5c6ccccc6c6cc(C(F)(F)F)ccc65)cc4-c4nc(-c5ccccc5)nc(-c5ccccc5)n4)c(-c4nc(-c5ccccc5)nc(-c5ccccc5)n4)c3)C2C=C1. The molecule has 1 aliphatic carbocycles. The second-order valence-electron chi connectivity index (χ2n) is 23.1. The largest absolute Gasteiger partial charge is 0.416 e. The van der Waals surface area contributed by atoms with Crippen LogP contribution in [0.15, 0.2) is 297 Å². The van der Waals surface area contributed by atoms with Crippen molar-refractivity contribution in [2.75, 3.05) is 4.90 Å². The topological polar surface area (TPSA) is 85.5 Å². The summed E-state index contributed by atoms with van der Waals surface area (Å²) in [6.45, 7) is 0. The Morgan fingerprint density at radius 1 is 0.319 bits per heavy atom. The maximum Gasteiger partial charge on any atom is 0.416 e. The predicted molar refractivity (Wildman–Crippen MR) is 360 cm³/mol. The Balaban J connectivity index is 0.926. The quantitative estimate of drug-likeness (QED) is 0.119. The van der Waals surface area contributed by atoms with Gasteiger partial charge in [-0.1, -0.05) is 237 Å². The van der Waals surface area contributed by atoms with Crippen molar-refractivity contribution >= 4 is 33.2 Å². The number of fused-ring (bicyclic) bond motifs is 6. The van der Waals surface area contributed by atoms with Crippen LogP contribution < -0.4 is 4.90 Å². The van der Waals surface area contributed by atoms with Gasteiger partial charge < -0.3 is 9.47 Å². The molecule has 8 nitrogen and oxygen atoms in total. The van der Waals surface area contributed by atoms with Crippen LogP contribution in [0.3, 0.4) is 0 Å². The van der Waals surface area contributed by atoms with Crippen LogP contribution in [0, 0.1) is 0 Å². The molecular weight excluding hydrogens is 1190 g/mol. The molecule has 3 aromatic heterocycles. The number of aromatic nitrogens is 7. The van der Waals surface area contributed by atoms with Crippen LogP contribution in [0.25, 0.3) is 129 Å². The summed E-state index contributed by atoms with van der Waals surface area (Å²) in [5.74, 6) is 1.89. The number of para-hydroxylation sites is 2. The number of nitrogens with zero attached hydrogens (tertiary/aromatic N) is 8. The van der Waals surface area contributed by atoms with E-state index in [0.717, 1.165) is 73.0 Å². The van der Waals surface area contributed by atoms with Gasteiger partial charge in [-0.05, 0) is 93.5 Å². The van der Waals surface area contributed by atoms with Gasteiger partial charge in [-0.2, -0.15) is 26.3 Å². The monoisotopic (exact) mass is 1240 g/mol. The lowest BCUT2D eigenvalue weighted by molar-refractivity contribution is -0.137. The molecule has 14 heteroatoms. The van der Waals surface area contributed by atoms with Crippen LogP contribution in [0.5, 0.6) is 0 Å². The van der Waals surface area contributed by atoms with Crippen molar-refractivity contribution in [1.29, 1.82) is 0 Å². The number of rotatable bonds is 11. The molecule has 14 aromatic rings. The summed E-state index contributed by atoms with van der Waals surface area (Å²) < 4.78 is 88.8. The Bertz CT molecular complexity index is 5200. The minimum absolute atomic E-state index is 0.354. The summed E-state index contributed by atoms with van der Waals surface area (Å²) in [6, 6.07) is 85.6. The van der Waals surface area contributed by atoms with E-state index in [0.29, 0.717) is 79.3 Å². The van der Waals surface area contributed by atoms with Gasteiger partial charge >= 0.3 is 12.4 Å². The smallest absolute Gasteiger partial charge is 0.333 e. The fourth-order valence-electron chi connectivity index (χ4n) is 13.2. The van der Waals surface area contributed by atoms with Crippen molar-refractivity contribution in [1.82, 2.24) is 34.5 Å². The molecule has 0 saturated heterocycles. The molecular formula is C80H50F6N8. The molecule has 0 N–H and O–H groups in total. The van der Waals surface area contributed by atoms with Crippen molar-refractivity contribution in [2.45, 2.75) is 24.3 Å². The third-order valence-electron chi connectivity index (χ3n) is 17.5. The molecule has 2 unspecified atom stereocenters. The highest BCUT2D eigenvalue weighted by Gasteiger charge is 2.43. The van der Waals surface area contributed by atoms with Gasteiger partial charge in [0.05, 0.1) is 28.2 Å². The number of allylic oxidation sites excluding steroid dienone is 2. The second kappa shape index (κ2) is 23.1. The number of alkyl halides is 6. The first-order valence-electron chi connectivity index (χ1n) is 30.6. The number of hydrogen-bond donors (Lipinski definition) is 0. The second-order valence-corrected chi connectivity index (χ2v) is 23.1. The van der Waals surface area contributed by atoms with E-state index in [9.17, 15) is 26.3 Å². The van der Waals surface area contributed by atoms with E-state index in [2.05, 4.69) is 29.2 Å². The third kappa shape index (κ3) is 10.3. The fraction of sp³-hybridized carbons (Fsp3) is 0.0500. The molecule has 2 atom stereocenters. The molecule has 11 aromatic carbocycles. The average Bonchev–Trinajstić information content (AvgIpc) is 1.51. The van der Waals surface area contributed by atoms with Crippen LogP contribution in [0.1, 0.15) is 17.0 Å². The summed E-state index contributed by atoms with van der Waals surface area (Å²) in [6.07, 6.45) is -4.94. The Labute approximate surface area is 535 Å². The number of benzene rings is 11. The van der Waals surface area contributed by atoms with Crippen molar-refractivity contribution in [2.24, 2.45) is 0 Å². The molecule has 0 bridgehead atoms. The lowest BCUT2D eigenvalue weighted by Gasteiger charge is -2.30. The lowest BCUT2D eigenvalue weighted by atomic mass is 9.86. The van der Waals surface area contributed by atoms with Crippen LogP contribution in [-0.4, -0.2) is 46.7 Å². The lowest BCUT2D eigenvalue weighted by Crippen LogP contribution is -2.30. The molecule has 0 amide bonds. The molecule has 1 aliphatic heterocycles. The van der Waals surface area contributed by atoms with Crippen LogP contribution in [0.4, 0.5) is 37.7 Å². The summed E-state index contributed by atoms with van der Waals surface area (Å²) in [4.78, 5) is 33.4. The number of halogens is 6. The zero-order valence-corrected chi connectivity index (χ0v) is 49.7. The van der Waals surface area contributed by atoms with Crippen LogP contribution in [-0.2, 0) is 6.18 Å². The highest BCUT2D eigenvalue weighted by Crippen LogP contribution is 2.52. The summed E-state index contributed by atoms with van der Waals surface area (Å²) in [5.41, 5.74) is 11.9. The summed E-state index contributed by atoms with van der Waals surface area (Å²) in [5, 5.41) is 1.10. The molecule has 0 radical (unpaired) electrons. The first kappa shape index (κ1) is 57.3. The fourth-order valence-corrected chi connectivity index (χ4v) is 13.2. The Hall–Kier alpha value is -11.9. The van der Waals surface area contributed by atoms with Gasteiger partial charge in [0, 0.05) is 67.1 Å². The van der Waals surface area contributed by atoms with E-state index < -0.39 is 35.4 Å². The van der Waals surface area contributed by atoms with Gasteiger partial charge in [-0.15, -0.1) is 0 Å². The Kier molecular flexibility index (Phi) is 14.1. The van der Waals surface area contributed by atoms with Crippen LogP contribution >= 0.6 is 0 Å². The molecule has 0 saturated carbocycles. The minimum atomic E-state index is -4.56. The molecule has 2 aliphatic rings. The normalized spacial score (nSPS) is 14.5. The van der Waals surface area contributed by atoms with Crippen molar-refractivity contribution in [3.8, 4) is 107 Å². The Morgan fingerprint density at radius 2 is 0.723 bits per heavy atom. The van der Waals surface area contributed by atoms with Crippen molar-refractivity contribution in [3.05, 3.63) is 308 Å². The molecule has 4 heterocycles. The number of hydrogen-bond acceptors (Lipinski definition) is 7. The molecule has 94 heavy (non-hydrogen) atoms. The van der Waals surface area contributed by atoms with E-state index in [1.165, 1.54) is 24.3 Å². The maximum absolute atomic E-state index is 14.5. The van der Waals surface area contributed by atoms with Gasteiger partial charge in [0.1, 0.15) is 0 Å². The summed E-state index contributed by atoms with van der Waals surface area (Å²) in [7, 11) is 0. The summed E-state index contributed by atoms with van der Waals surface area (Å²) >= 11 is 0. The van der Waals surface area contributed by atoms with Crippen molar-refractivity contribution in [3.63, 3.8) is 0 Å². The average molecular weight is 1240 g/mol. The molecule has 0 fully saturated rings.